The number of nitrogens with zero attached hydrogens (tertiary/aromatic N) is 2. The number of amides is 3. The van der Waals surface area contributed by atoms with Gasteiger partial charge in [0, 0.05) is 19.3 Å². The lowest BCUT2D eigenvalue weighted by Gasteiger charge is -2.27. The number of carbonyl (C=O) groups excluding carboxylic acids is 2. The molecule has 2 rings (SSSR count). The summed E-state index contributed by atoms with van der Waals surface area (Å²) in [7, 11) is 2.96. The van der Waals surface area contributed by atoms with Crippen LogP contribution in [0.25, 0.3) is 0 Å². The molecule has 0 spiro atoms. The van der Waals surface area contributed by atoms with Crippen molar-refractivity contribution in [1.82, 2.24) is 5.48 Å². The van der Waals surface area contributed by atoms with Crippen LogP contribution in [0.15, 0.2) is 18.2 Å². The number of nitrogens with one attached hydrogen (secondary N) is 1. The van der Waals surface area contributed by atoms with Crippen LogP contribution in [0.4, 0.5) is 21.0 Å². The fourth-order valence-electron chi connectivity index (χ4n) is 2.35. The van der Waals surface area contributed by atoms with E-state index in [0.29, 0.717) is 36.7 Å². The van der Waals surface area contributed by atoms with Gasteiger partial charge in [0.05, 0.1) is 19.4 Å². The highest BCUT2D eigenvalue weighted by molar-refractivity contribution is 5.94. The summed E-state index contributed by atoms with van der Waals surface area (Å²) in [6, 6.07) is 4.77. The topological polar surface area (TPSA) is 80.3 Å². The maximum Gasteiger partial charge on any atom is 0.414 e. The van der Waals surface area contributed by atoms with Gasteiger partial charge in [-0.1, -0.05) is 0 Å². The van der Waals surface area contributed by atoms with E-state index in [1.54, 1.807) is 30.1 Å². The van der Waals surface area contributed by atoms with E-state index in [2.05, 4.69) is 10.3 Å². The summed E-state index contributed by atoms with van der Waals surface area (Å²) >= 11 is 0. The molecular formula is C17H25N3O5. The van der Waals surface area contributed by atoms with E-state index in [-0.39, 0.29) is 0 Å². The van der Waals surface area contributed by atoms with Gasteiger partial charge in [-0.05, 0) is 45.4 Å². The number of rotatable bonds is 2. The van der Waals surface area contributed by atoms with E-state index in [1.165, 1.54) is 12.0 Å². The molecule has 0 aromatic heterocycles. The highest BCUT2D eigenvalue weighted by Gasteiger charge is 2.28. The van der Waals surface area contributed by atoms with Crippen molar-refractivity contribution in [2.24, 2.45) is 0 Å². The molecule has 25 heavy (non-hydrogen) atoms. The van der Waals surface area contributed by atoms with Gasteiger partial charge in [0.25, 0.3) is 0 Å². The zero-order valence-electron chi connectivity index (χ0n) is 15.3. The molecule has 0 aliphatic carbocycles. The highest BCUT2D eigenvalue weighted by atomic mass is 16.6. The van der Waals surface area contributed by atoms with E-state index in [4.69, 9.17) is 9.47 Å². The predicted molar refractivity (Wildman–Crippen MR) is 94.1 cm³/mol. The number of carbonyl (C=O) groups is 2. The van der Waals surface area contributed by atoms with Crippen LogP contribution in [-0.2, 0) is 9.57 Å². The van der Waals surface area contributed by atoms with Gasteiger partial charge < -0.3 is 9.47 Å². The minimum absolute atomic E-state index is 0.430. The lowest BCUT2D eigenvalue weighted by molar-refractivity contribution is 0.0581. The second-order valence-corrected chi connectivity index (χ2v) is 6.66. The number of benzene rings is 1. The average Bonchev–Trinajstić information content (AvgIpc) is 2.74. The Morgan fingerprint density at radius 2 is 2.04 bits per heavy atom. The molecule has 0 bridgehead atoms. The molecule has 3 amide bonds. The molecule has 0 radical (unpaired) electrons. The summed E-state index contributed by atoms with van der Waals surface area (Å²) < 4.78 is 11.2. The Hall–Kier alpha value is -2.48. The van der Waals surface area contributed by atoms with Crippen molar-refractivity contribution >= 4 is 23.5 Å². The van der Waals surface area contributed by atoms with Gasteiger partial charge in [0.15, 0.2) is 0 Å². The Labute approximate surface area is 147 Å². The molecular weight excluding hydrogens is 326 g/mol. The summed E-state index contributed by atoms with van der Waals surface area (Å²) in [4.78, 5) is 32.1. The Balaban J connectivity index is 2.34. The SMILES string of the molecule is CONC(=O)N(C)c1ccc2c(c1)N(C(=O)OC(C)(C)C)CCCO2. The van der Waals surface area contributed by atoms with Crippen molar-refractivity contribution in [3.05, 3.63) is 18.2 Å². The van der Waals surface area contributed by atoms with Gasteiger partial charge in [0.1, 0.15) is 11.4 Å². The first-order chi connectivity index (χ1) is 11.7. The van der Waals surface area contributed by atoms with Crippen LogP contribution < -0.4 is 20.0 Å². The van der Waals surface area contributed by atoms with E-state index in [9.17, 15) is 9.59 Å². The van der Waals surface area contributed by atoms with Crippen LogP contribution in [-0.4, -0.2) is 45.0 Å². The van der Waals surface area contributed by atoms with Crippen molar-refractivity contribution in [1.29, 1.82) is 0 Å². The van der Waals surface area contributed by atoms with Gasteiger partial charge in [-0.2, -0.15) is 0 Å². The number of fused-ring (bicyclic) bond motifs is 1. The second kappa shape index (κ2) is 7.60. The van der Waals surface area contributed by atoms with Crippen molar-refractivity contribution in [3.8, 4) is 5.75 Å². The number of anilines is 2. The number of urea groups is 1. The predicted octanol–water partition coefficient (Wildman–Crippen LogP) is 2.92. The summed E-state index contributed by atoms with van der Waals surface area (Å²) in [5, 5.41) is 0. The van der Waals surface area contributed by atoms with Gasteiger partial charge in [0.2, 0.25) is 0 Å². The number of ether oxygens (including phenoxy) is 2. The molecule has 0 unspecified atom stereocenters. The smallest absolute Gasteiger partial charge is 0.414 e. The van der Waals surface area contributed by atoms with Crippen LogP contribution in [0.2, 0.25) is 0 Å². The maximum atomic E-state index is 12.6. The van der Waals surface area contributed by atoms with Crippen molar-refractivity contribution in [2.45, 2.75) is 32.8 Å². The van der Waals surface area contributed by atoms with Crippen LogP contribution in [0, 0.1) is 0 Å². The number of hydrogen-bond acceptors (Lipinski definition) is 5. The monoisotopic (exact) mass is 351 g/mol. The third-order valence-corrected chi connectivity index (χ3v) is 3.51. The largest absolute Gasteiger partial charge is 0.491 e. The zero-order chi connectivity index (χ0) is 18.6. The lowest BCUT2D eigenvalue weighted by Crippen LogP contribution is -2.38. The molecule has 0 saturated heterocycles. The number of hydrogen-bond donors (Lipinski definition) is 1. The first-order valence-corrected chi connectivity index (χ1v) is 8.07. The molecule has 1 heterocycles. The summed E-state index contributed by atoms with van der Waals surface area (Å²) in [6.07, 6.45) is 0.240. The molecule has 0 saturated carbocycles. The minimum atomic E-state index is -0.600. The van der Waals surface area contributed by atoms with Crippen LogP contribution in [0.1, 0.15) is 27.2 Å². The first kappa shape index (κ1) is 18.9. The fourth-order valence-corrected chi connectivity index (χ4v) is 2.35. The molecule has 1 aliphatic heterocycles. The third-order valence-electron chi connectivity index (χ3n) is 3.51. The van der Waals surface area contributed by atoms with Crippen LogP contribution in [0.3, 0.4) is 0 Å². The molecule has 1 aromatic carbocycles. The maximum absolute atomic E-state index is 12.6. The van der Waals surface area contributed by atoms with Crippen LogP contribution in [0.5, 0.6) is 5.75 Å². The Morgan fingerprint density at radius 3 is 2.68 bits per heavy atom. The highest BCUT2D eigenvalue weighted by Crippen LogP contribution is 2.35. The third kappa shape index (κ3) is 4.76. The Bertz CT molecular complexity index is 642. The zero-order valence-corrected chi connectivity index (χ0v) is 15.3. The van der Waals surface area contributed by atoms with Crippen molar-refractivity contribution < 1.29 is 23.9 Å². The summed E-state index contributed by atoms with van der Waals surface area (Å²) in [5.74, 6) is 0.577. The molecule has 0 atom stereocenters. The van der Waals surface area contributed by atoms with Crippen LogP contribution >= 0.6 is 0 Å². The lowest BCUT2D eigenvalue weighted by atomic mass is 10.2. The average molecular weight is 351 g/mol. The molecule has 8 heteroatoms. The van der Waals surface area contributed by atoms with Crippen molar-refractivity contribution in [2.75, 3.05) is 37.1 Å². The van der Waals surface area contributed by atoms with E-state index >= 15 is 0 Å². The Morgan fingerprint density at radius 1 is 1.32 bits per heavy atom. The second-order valence-electron chi connectivity index (χ2n) is 6.66. The quantitative estimate of drug-likeness (QED) is 0.829. The van der Waals surface area contributed by atoms with Gasteiger partial charge in [-0.25, -0.2) is 15.1 Å². The summed E-state index contributed by atoms with van der Waals surface area (Å²) in [6.45, 7) is 6.43. The number of hydroxylamine groups is 1. The van der Waals surface area contributed by atoms with Gasteiger partial charge >= 0.3 is 12.1 Å². The normalized spacial score (nSPS) is 14.0. The van der Waals surface area contributed by atoms with Gasteiger partial charge in [-0.15, -0.1) is 0 Å². The summed E-state index contributed by atoms with van der Waals surface area (Å²) in [5.41, 5.74) is 2.81. The van der Waals surface area contributed by atoms with E-state index in [1.807, 2.05) is 20.8 Å². The van der Waals surface area contributed by atoms with E-state index < -0.39 is 17.7 Å². The molecule has 138 valence electrons. The molecule has 1 N–H and O–H groups in total. The first-order valence-electron chi connectivity index (χ1n) is 8.07. The molecule has 8 nitrogen and oxygen atoms in total. The van der Waals surface area contributed by atoms with E-state index in [0.717, 1.165) is 0 Å². The fraction of sp³-hybridized carbons (Fsp3) is 0.529. The molecule has 0 fully saturated rings. The molecule has 1 aliphatic rings. The molecule has 1 aromatic rings. The van der Waals surface area contributed by atoms with Gasteiger partial charge in [-0.3, -0.25) is 14.6 Å². The standard InChI is InChI=1S/C17H25N3O5/c1-17(2,3)25-16(22)20-9-6-10-24-14-8-7-12(11-13(14)20)19(4)15(21)18-23-5/h7-8,11H,6,9-10H2,1-5H3,(H,18,21). The Kier molecular flexibility index (Phi) is 5.73. The van der Waals surface area contributed by atoms with Crippen molar-refractivity contribution in [3.63, 3.8) is 0 Å². The minimum Gasteiger partial charge on any atom is -0.491 e.